The number of anilines is 1. The highest BCUT2D eigenvalue weighted by Gasteiger charge is 2.21. The van der Waals surface area contributed by atoms with Gasteiger partial charge in [0, 0.05) is 17.9 Å². The van der Waals surface area contributed by atoms with Crippen LogP contribution in [0.15, 0.2) is 47.4 Å². The van der Waals surface area contributed by atoms with Crippen molar-refractivity contribution in [2.24, 2.45) is 0 Å². The number of nitrogens with zero attached hydrogens (tertiary/aromatic N) is 1. The van der Waals surface area contributed by atoms with Crippen LogP contribution in [0.2, 0.25) is 0 Å². The van der Waals surface area contributed by atoms with Gasteiger partial charge in [0.25, 0.3) is 0 Å². The highest BCUT2D eigenvalue weighted by Crippen LogP contribution is 2.29. The van der Waals surface area contributed by atoms with E-state index in [0.29, 0.717) is 18.8 Å². The number of amides is 2. The lowest BCUT2D eigenvalue weighted by Gasteiger charge is -2.25. The van der Waals surface area contributed by atoms with Gasteiger partial charge in [-0.2, -0.15) is 0 Å². The standard InChI is InChI=1S/C21H25N3O3S/c1-24(2)17(14-8-9-18-15(12-14)10-11-27-18)13-22-20(25)21(26)23-16-6-4-5-7-19(16)28-3/h4-9,12,17H,10-11,13H2,1-3H3,(H,22,25)(H,23,26). The number of thioether (sulfide) groups is 1. The largest absolute Gasteiger partial charge is 0.493 e. The minimum Gasteiger partial charge on any atom is -0.493 e. The number of hydrogen-bond donors (Lipinski definition) is 2. The van der Waals surface area contributed by atoms with Crippen LogP contribution in [0.3, 0.4) is 0 Å². The number of hydrogen-bond acceptors (Lipinski definition) is 5. The molecule has 3 rings (SSSR count). The molecule has 2 amide bonds. The smallest absolute Gasteiger partial charge is 0.313 e. The van der Waals surface area contributed by atoms with Gasteiger partial charge in [-0.25, -0.2) is 0 Å². The first kappa shape index (κ1) is 20.2. The van der Waals surface area contributed by atoms with Gasteiger partial charge >= 0.3 is 11.8 Å². The Kier molecular flexibility index (Phi) is 6.59. The molecule has 1 aliphatic heterocycles. The summed E-state index contributed by atoms with van der Waals surface area (Å²) in [7, 11) is 3.91. The van der Waals surface area contributed by atoms with E-state index in [1.807, 2.05) is 55.6 Å². The summed E-state index contributed by atoms with van der Waals surface area (Å²) < 4.78 is 5.56. The molecule has 0 saturated carbocycles. The fourth-order valence-corrected chi connectivity index (χ4v) is 3.76. The van der Waals surface area contributed by atoms with Gasteiger partial charge in [0.1, 0.15) is 5.75 Å². The lowest BCUT2D eigenvalue weighted by atomic mass is 10.0. The van der Waals surface area contributed by atoms with Gasteiger partial charge in [-0.05, 0) is 49.7 Å². The van der Waals surface area contributed by atoms with Gasteiger partial charge in [-0.1, -0.05) is 24.3 Å². The number of para-hydroxylation sites is 1. The average molecular weight is 400 g/mol. The van der Waals surface area contributed by atoms with Crippen molar-refractivity contribution in [1.82, 2.24) is 10.2 Å². The molecule has 1 heterocycles. The van der Waals surface area contributed by atoms with Crippen LogP contribution in [0.4, 0.5) is 5.69 Å². The minimum atomic E-state index is -0.665. The summed E-state index contributed by atoms with van der Waals surface area (Å²) in [4.78, 5) is 27.6. The van der Waals surface area contributed by atoms with E-state index in [-0.39, 0.29) is 6.04 Å². The fraction of sp³-hybridized carbons (Fsp3) is 0.333. The molecule has 1 unspecified atom stereocenters. The molecule has 1 aliphatic rings. The van der Waals surface area contributed by atoms with E-state index in [0.717, 1.165) is 22.6 Å². The molecule has 0 saturated heterocycles. The Morgan fingerprint density at radius 2 is 1.96 bits per heavy atom. The maximum absolute atomic E-state index is 12.3. The normalized spacial score (nSPS) is 13.6. The molecule has 0 aliphatic carbocycles. The number of likely N-dealkylation sites (N-methyl/N-ethyl adjacent to an activating group) is 1. The summed E-state index contributed by atoms with van der Waals surface area (Å²) in [5, 5.41) is 5.44. The number of fused-ring (bicyclic) bond motifs is 1. The number of benzene rings is 2. The maximum Gasteiger partial charge on any atom is 0.313 e. The Morgan fingerprint density at radius 1 is 1.18 bits per heavy atom. The first-order chi connectivity index (χ1) is 13.5. The second-order valence-electron chi connectivity index (χ2n) is 6.81. The van der Waals surface area contributed by atoms with Crippen molar-refractivity contribution in [3.05, 3.63) is 53.6 Å². The Balaban J connectivity index is 1.63. The summed E-state index contributed by atoms with van der Waals surface area (Å²) in [5.41, 5.74) is 2.91. The van der Waals surface area contributed by atoms with Gasteiger partial charge in [-0.15, -0.1) is 11.8 Å². The number of carbonyl (C=O) groups is 2. The highest BCUT2D eigenvalue weighted by atomic mass is 32.2. The van der Waals surface area contributed by atoms with Crippen LogP contribution in [0.25, 0.3) is 0 Å². The third kappa shape index (κ3) is 4.66. The molecule has 0 aromatic heterocycles. The Morgan fingerprint density at radius 3 is 2.71 bits per heavy atom. The topological polar surface area (TPSA) is 70.7 Å². The molecular weight excluding hydrogens is 374 g/mol. The van der Waals surface area contributed by atoms with Gasteiger partial charge in [0.2, 0.25) is 0 Å². The van der Waals surface area contributed by atoms with Crippen molar-refractivity contribution in [3.8, 4) is 5.75 Å². The van der Waals surface area contributed by atoms with Crippen LogP contribution < -0.4 is 15.4 Å². The lowest BCUT2D eigenvalue weighted by Crippen LogP contribution is -2.40. The molecule has 2 aromatic rings. The molecule has 1 atom stereocenters. The molecule has 0 spiro atoms. The molecule has 6 nitrogen and oxygen atoms in total. The van der Waals surface area contributed by atoms with E-state index in [9.17, 15) is 9.59 Å². The zero-order valence-corrected chi connectivity index (χ0v) is 17.1. The molecule has 0 radical (unpaired) electrons. The van der Waals surface area contributed by atoms with Crippen LogP contribution in [0, 0.1) is 0 Å². The van der Waals surface area contributed by atoms with Gasteiger partial charge in [0.15, 0.2) is 0 Å². The van der Waals surface area contributed by atoms with Crippen LogP contribution in [0.1, 0.15) is 17.2 Å². The molecule has 0 fully saturated rings. The zero-order valence-electron chi connectivity index (χ0n) is 16.3. The summed E-state index contributed by atoms with van der Waals surface area (Å²) in [6.45, 7) is 1.04. The molecule has 2 N–H and O–H groups in total. The van der Waals surface area contributed by atoms with Crippen molar-refractivity contribution in [1.29, 1.82) is 0 Å². The van der Waals surface area contributed by atoms with Crippen LogP contribution in [-0.4, -0.2) is 50.2 Å². The van der Waals surface area contributed by atoms with Gasteiger partial charge < -0.3 is 20.3 Å². The predicted octanol–water partition coefficient (Wildman–Crippen LogP) is 2.70. The third-order valence-corrected chi connectivity index (χ3v) is 5.53. The van der Waals surface area contributed by atoms with Crippen molar-refractivity contribution >= 4 is 29.3 Å². The van der Waals surface area contributed by atoms with E-state index in [1.54, 1.807) is 6.07 Å². The van der Waals surface area contributed by atoms with Crippen molar-refractivity contribution in [2.45, 2.75) is 17.4 Å². The van der Waals surface area contributed by atoms with E-state index in [4.69, 9.17) is 4.74 Å². The van der Waals surface area contributed by atoms with E-state index < -0.39 is 11.8 Å². The third-order valence-electron chi connectivity index (χ3n) is 4.74. The number of ether oxygens (including phenoxy) is 1. The van der Waals surface area contributed by atoms with Crippen LogP contribution in [0.5, 0.6) is 5.75 Å². The Bertz CT molecular complexity index is 870. The average Bonchev–Trinajstić information content (AvgIpc) is 3.16. The molecule has 0 bridgehead atoms. The summed E-state index contributed by atoms with van der Waals surface area (Å²) >= 11 is 1.51. The fourth-order valence-electron chi connectivity index (χ4n) is 3.21. The zero-order chi connectivity index (χ0) is 20.1. The monoisotopic (exact) mass is 399 g/mol. The Labute approximate surface area is 169 Å². The van der Waals surface area contributed by atoms with Crippen molar-refractivity contribution < 1.29 is 14.3 Å². The summed E-state index contributed by atoms with van der Waals surface area (Å²) in [6.07, 6.45) is 2.82. The molecule has 7 heteroatoms. The first-order valence-corrected chi connectivity index (χ1v) is 10.4. The van der Waals surface area contributed by atoms with E-state index in [2.05, 4.69) is 16.7 Å². The number of rotatable bonds is 6. The minimum absolute atomic E-state index is 0.0406. The van der Waals surface area contributed by atoms with Crippen molar-refractivity contribution in [2.75, 3.05) is 38.8 Å². The SMILES string of the molecule is CSc1ccccc1NC(=O)C(=O)NCC(c1ccc2c(c1)CCO2)N(C)C. The van der Waals surface area contributed by atoms with Crippen molar-refractivity contribution in [3.63, 3.8) is 0 Å². The lowest BCUT2D eigenvalue weighted by molar-refractivity contribution is -0.136. The number of carbonyl (C=O) groups excluding carboxylic acids is 2. The summed E-state index contributed by atoms with van der Waals surface area (Å²) in [5.74, 6) is -0.384. The second-order valence-corrected chi connectivity index (χ2v) is 7.66. The predicted molar refractivity (Wildman–Crippen MR) is 112 cm³/mol. The first-order valence-electron chi connectivity index (χ1n) is 9.14. The maximum atomic E-state index is 12.3. The number of nitrogens with one attached hydrogen (secondary N) is 2. The van der Waals surface area contributed by atoms with E-state index in [1.165, 1.54) is 17.3 Å². The molecule has 28 heavy (non-hydrogen) atoms. The second kappa shape index (κ2) is 9.12. The quantitative estimate of drug-likeness (QED) is 0.577. The molecule has 2 aromatic carbocycles. The van der Waals surface area contributed by atoms with Gasteiger partial charge in [-0.3, -0.25) is 9.59 Å². The van der Waals surface area contributed by atoms with E-state index >= 15 is 0 Å². The van der Waals surface area contributed by atoms with Crippen LogP contribution >= 0.6 is 11.8 Å². The summed E-state index contributed by atoms with van der Waals surface area (Å²) in [6, 6.07) is 13.5. The molecule has 148 valence electrons. The molecular formula is C21H25N3O3S. The van der Waals surface area contributed by atoms with Gasteiger partial charge in [0.05, 0.1) is 18.3 Å². The highest BCUT2D eigenvalue weighted by molar-refractivity contribution is 7.98. The van der Waals surface area contributed by atoms with Crippen LogP contribution in [-0.2, 0) is 16.0 Å². The Hall–Kier alpha value is -2.51.